The molecule has 4 amide bonds. The number of carbonyl (C=O) groups excluding carboxylic acids is 4. The van der Waals surface area contributed by atoms with Gasteiger partial charge in [-0.15, -0.1) is 6.58 Å². The third kappa shape index (κ3) is 12.8. The van der Waals surface area contributed by atoms with Crippen molar-refractivity contribution in [2.45, 2.75) is 96.4 Å². The molecule has 5 aromatic rings. The van der Waals surface area contributed by atoms with E-state index in [0.717, 1.165) is 5.56 Å². The Morgan fingerprint density at radius 2 is 1.48 bits per heavy atom. The Morgan fingerprint density at radius 1 is 0.788 bits per heavy atom. The van der Waals surface area contributed by atoms with Crippen molar-refractivity contribution in [2.75, 3.05) is 7.11 Å². The van der Waals surface area contributed by atoms with E-state index >= 15 is 0 Å². The van der Waals surface area contributed by atoms with Gasteiger partial charge in [0.05, 0.1) is 23.2 Å². The van der Waals surface area contributed by atoms with Gasteiger partial charge < -0.3 is 30.2 Å². The molecule has 0 aliphatic carbocycles. The monoisotopic (exact) mass is 917 g/mol. The number of ether oxygens (including phenoxy) is 3. The number of rotatable bonds is 18. The molecule has 15 heteroatoms. The minimum Gasteiger partial charge on any atom is -0.497 e. The van der Waals surface area contributed by atoms with E-state index in [1.54, 1.807) is 104 Å². The molecule has 0 unspecified atom stereocenters. The first kappa shape index (κ1) is 50.0. The molecule has 5 rings (SSSR count). The molecule has 66 heavy (non-hydrogen) atoms. The molecule has 0 aliphatic heterocycles. The fraction of sp³-hybridized carbons (Fsp3) is 0.314. The van der Waals surface area contributed by atoms with Gasteiger partial charge in [0.1, 0.15) is 41.0 Å². The summed E-state index contributed by atoms with van der Waals surface area (Å²) < 4.78 is 46.9. The number of sulfonamides is 1. The van der Waals surface area contributed by atoms with Gasteiger partial charge in [0.2, 0.25) is 11.8 Å². The summed E-state index contributed by atoms with van der Waals surface area (Å²) in [5.41, 5.74) is 1.49. The number of pyridine rings is 1. The van der Waals surface area contributed by atoms with Crippen molar-refractivity contribution >= 4 is 50.8 Å². The van der Waals surface area contributed by atoms with E-state index in [0.29, 0.717) is 51.4 Å². The number of hydrogen-bond acceptors (Lipinski definition) is 10. The van der Waals surface area contributed by atoms with E-state index in [1.165, 1.54) is 12.1 Å². The van der Waals surface area contributed by atoms with Crippen LogP contribution in [-0.2, 0) is 35.6 Å². The molecule has 0 saturated heterocycles. The van der Waals surface area contributed by atoms with Gasteiger partial charge in [-0.05, 0) is 80.5 Å². The van der Waals surface area contributed by atoms with E-state index in [2.05, 4.69) is 33.8 Å². The number of fused-ring (bicyclic) bond motifs is 1. The lowest BCUT2D eigenvalue weighted by atomic mass is 9.86. The van der Waals surface area contributed by atoms with Crippen LogP contribution in [0.2, 0.25) is 0 Å². The smallest absolute Gasteiger partial charge is 0.408 e. The minimum absolute atomic E-state index is 0.0499. The van der Waals surface area contributed by atoms with Crippen LogP contribution in [0, 0.1) is 5.41 Å². The maximum atomic E-state index is 14.6. The number of amides is 4. The largest absolute Gasteiger partial charge is 0.497 e. The van der Waals surface area contributed by atoms with Crippen LogP contribution in [0.4, 0.5) is 4.79 Å². The molecule has 3 atom stereocenters. The van der Waals surface area contributed by atoms with Gasteiger partial charge >= 0.3 is 6.09 Å². The third-order valence-corrected chi connectivity index (χ3v) is 11.7. The normalized spacial score (nSPS) is 13.0. The molecule has 0 saturated carbocycles. The zero-order valence-electron chi connectivity index (χ0n) is 38.7. The first-order valence-corrected chi connectivity index (χ1v) is 23.0. The van der Waals surface area contributed by atoms with E-state index in [9.17, 15) is 27.6 Å². The van der Waals surface area contributed by atoms with E-state index < -0.39 is 63.0 Å². The van der Waals surface area contributed by atoms with Crippen molar-refractivity contribution in [3.05, 3.63) is 133 Å². The zero-order chi connectivity index (χ0) is 48.4. The predicted molar refractivity (Wildman–Crippen MR) is 256 cm³/mol. The number of carbonyl (C=O) groups is 4. The quantitative estimate of drug-likeness (QED) is 0.0617. The fourth-order valence-corrected chi connectivity index (χ4v) is 8.32. The number of nitrogens with zero attached hydrogens (tertiary/aromatic N) is 1. The topological polar surface area (TPSA) is 191 Å². The Hall–Kier alpha value is -7.00. The van der Waals surface area contributed by atoms with Crippen molar-refractivity contribution in [1.82, 2.24) is 25.7 Å². The summed E-state index contributed by atoms with van der Waals surface area (Å²) in [4.78, 5) is 60.6. The van der Waals surface area contributed by atoms with Crippen LogP contribution in [0.3, 0.4) is 0 Å². The average Bonchev–Trinajstić information content (AvgIpc) is 3.26. The predicted octanol–water partition coefficient (Wildman–Crippen LogP) is 8.96. The van der Waals surface area contributed by atoms with Gasteiger partial charge in [-0.25, -0.2) is 22.9 Å². The molecular weight excluding hydrogens is 859 g/mol. The van der Waals surface area contributed by atoms with Crippen molar-refractivity contribution in [3.63, 3.8) is 0 Å². The second-order valence-electron chi connectivity index (χ2n) is 17.7. The molecule has 1 aromatic heterocycles. The second kappa shape index (κ2) is 21.3. The van der Waals surface area contributed by atoms with Gasteiger partial charge in [-0.1, -0.05) is 107 Å². The molecular formula is C51H59N5O9S. The van der Waals surface area contributed by atoms with Gasteiger partial charge in [0.25, 0.3) is 15.9 Å². The lowest BCUT2D eigenvalue weighted by molar-refractivity contribution is -0.133. The summed E-state index contributed by atoms with van der Waals surface area (Å²) in [5.74, 6) is -1.12. The number of aromatic nitrogens is 1. The van der Waals surface area contributed by atoms with Crippen LogP contribution in [0.5, 0.6) is 17.2 Å². The van der Waals surface area contributed by atoms with Crippen LogP contribution in [-0.4, -0.2) is 62.0 Å². The average molecular weight is 918 g/mol. The maximum Gasteiger partial charge on any atom is 0.408 e. The molecule has 1 heterocycles. The fourth-order valence-electron chi connectivity index (χ4n) is 7.05. The van der Waals surface area contributed by atoms with Crippen LogP contribution >= 0.6 is 0 Å². The summed E-state index contributed by atoms with van der Waals surface area (Å²) in [5, 5.41) is 8.83. The van der Waals surface area contributed by atoms with E-state index in [1.807, 2.05) is 48.5 Å². The molecule has 0 spiro atoms. The first-order chi connectivity index (χ1) is 31.2. The Kier molecular flexibility index (Phi) is 16.2. The second-order valence-corrected chi connectivity index (χ2v) is 19.3. The molecule has 14 nitrogen and oxygen atoms in total. The molecule has 348 valence electrons. The number of nitrogens with one attached hydrogen (secondary N) is 4. The highest BCUT2D eigenvalue weighted by atomic mass is 32.2. The number of methoxy groups -OCH3 is 1. The van der Waals surface area contributed by atoms with Crippen LogP contribution in [0.25, 0.3) is 28.2 Å². The lowest BCUT2D eigenvalue weighted by Crippen LogP contribution is -2.57. The summed E-state index contributed by atoms with van der Waals surface area (Å²) in [6, 6.07) is 23.9. The Bertz CT molecular complexity index is 2710. The van der Waals surface area contributed by atoms with Crippen molar-refractivity contribution in [1.29, 1.82) is 0 Å². The maximum absolute atomic E-state index is 14.6. The standard InChI is InChI=1S/C51H59N5O9S/c1-11-19-34-23-17-18-24-43(34)66(61,62)56-46(57)38(20-12-2)53-47(58)44(54-48(59)45(50(4,5)6)55-49(60)65-51(7,8)9)35-25-28-41(32(13-3)29-35)64-42-31-39(33-21-15-14-16-22-33)52-40-30-36(63-10)26-27-37(40)42/h11,13-18,21-31,38,44-45H,1,3,12,19-20H2,2,4-10H3,(H,53,58)(H,54,59)(H,55,60)(H,56,57)/t38-,44+,45+/m0/s1. The van der Waals surface area contributed by atoms with E-state index in [4.69, 9.17) is 19.2 Å². The minimum atomic E-state index is -4.39. The van der Waals surface area contributed by atoms with Crippen molar-refractivity contribution in [3.8, 4) is 28.5 Å². The summed E-state index contributed by atoms with van der Waals surface area (Å²) in [7, 11) is -2.81. The number of hydrogen-bond donors (Lipinski definition) is 4. The zero-order valence-corrected chi connectivity index (χ0v) is 39.5. The highest BCUT2D eigenvalue weighted by Crippen LogP contribution is 2.37. The number of benzene rings is 4. The molecule has 0 aliphatic rings. The highest BCUT2D eigenvalue weighted by Gasteiger charge is 2.38. The van der Waals surface area contributed by atoms with Crippen molar-refractivity contribution in [2.24, 2.45) is 5.41 Å². The molecule has 0 fully saturated rings. The Morgan fingerprint density at radius 3 is 2.12 bits per heavy atom. The van der Waals surface area contributed by atoms with E-state index in [-0.39, 0.29) is 23.3 Å². The Labute approximate surface area is 387 Å². The molecule has 4 N–H and O–H groups in total. The van der Waals surface area contributed by atoms with Gasteiger partial charge in [0, 0.05) is 28.6 Å². The van der Waals surface area contributed by atoms with Crippen LogP contribution in [0.1, 0.15) is 84.0 Å². The lowest BCUT2D eigenvalue weighted by Gasteiger charge is -2.33. The van der Waals surface area contributed by atoms with Gasteiger partial charge in [-0.2, -0.15) is 0 Å². The number of allylic oxidation sites excluding steroid dienone is 1. The van der Waals surface area contributed by atoms with Crippen LogP contribution in [0.15, 0.2) is 121 Å². The van der Waals surface area contributed by atoms with Crippen molar-refractivity contribution < 1.29 is 41.8 Å². The molecule has 0 radical (unpaired) electrons. The summed E-state index contributed by atoms with van der Waals surface area (Å²) in [6.45, 7) is 19.8. The van der Waals surface area contributed by atoms with Gasteiger partial charge in [-0.3, -0.25) is 14.4 Å². The summed E-state index contributed by atoms with van der Waals surface area (Å²) >= 11 is 0. The molecule has 4 aromatic carbocycles. The highest BCUT2D eigenvalue weighted by molar-refractivity contribution is 7.90. The Balaban J connectivity index is 1.55. The van der Waals surface area contributed by atoms with Gasteiger partial charge in [0.15, 0.2) is 0 Å². The summed E-state index contributed by atoms with van der Waals surface area (Å²) in [6.07, 6.45) is 2.90. The number of alkyl carbamates (subject to hydrolysis) is 1. The SMILES string of the molecule is C=CCc1ccccc1S(=O)(=O)NC(=O)[C@H](CCC)NC(=O)[C@H](NC(=O)[C@@H](NC(=O)OC(C)(C)C)C(C)(C)C)c1ccc(Oc2cc(-c3ccccc3)nc3cc(OC)ccc23)c(C=C)c1. The van der Waals surface area contributed by atoms with Crippen LogP contribution < -0.4 is 30.1 Å². The first-order valence-electron chi connectivity index (χ1n) is 21.5. The molecule has 0 bridgehead atoms. The third-order valence-electron chi connectivity index (χ3n) is 10.3.